The van der Waals surface area contributed by atoms with Gasteiger partial charge in [-0.1, -0.05) is 13.8 Å². The van der Waals surface area contributed by atoms with E-state index in [1.807, 2.05) is 0 Å². The van der Waals surface area contributed by atoms with Crippen molar-refractivity contribution in [2.24, 2.45) is 0 Å². The van der Waals surface area contributed by atoms with Gasteiger partial charge in [-0.3, -0.25) is 0 Å². The maximum absolute atomic E-state index is 8.61. The van der Waals surface area contributed by atoms with E-state index in [0.29, 0.717) is 0 Å². The summed E-state index contributed by atoms with van der Waals surface area (Å²) in [4.78, 5) is 0. The summed E-state index contributed by atoms with van der Waals surface area (Å²) in [5.74, 6) is 0. The molecule has 0 aromatic carbocycles. The van der Waals surface area contributed by atoms with Crippen LogP contribution in [0.3, 0.4) is 0 Å². The van der Waals surface area contributed by atoms with Crippen LogP contribution in [0.1, 0.15) is 13.8 Å². The fraction of sp³-hybridized carbons (Fsp3) is 1.00. The Bertz CT molecular complexity index is 73.5. The fourth-order valence-corrected chi connectivity index (χ4v) is 2.67. The largest absolute Gasteiger partial charge is 0.397 e. The predicted molar refractivity (Wildman–Crippen MR) is 44.5 cm³/mol. The molecule has 0 fully saturated rings. The third kappa shape index (κ3) is 3.23. The highest BCUT2D eigenvalue weighted by Crippen LogP contribution is 2.23. The van der Waals surface area contributed by atoms with Crippen LogP contribution < -0.4 is 0 Å². The minimum Gasteiger partial charge on any atom is -0.397 e. The van der Waals surface area contributed by atoms with Crippen molar-refractivity contribution in [3.05, 3.63) is 0 Å². The van der Waals surface area contributed by atoms with Crippen LogP contribution in [0, 0.1) is 0 Å². The lowest BCUT2D eigenvalue weighted by molar-refractivity contribution is 0.316. The first kappa shape index (κ1) is 9.47. The summed E-state index contributed by atoms with van der Waals surface area (Å²) in [6, 6.07) is 3.00. The monoisotopic (exact) mass is 166 g/mol. The zero-order valence-corrected chi connectivity index (χ0v) is 7.91. The molecule has 0 aromatic rings. The summed E-state index contributed by atoms with van der Waals surface area (Å²) < 4.78 is 0. The normalized spacial score (nSPS) is 12.0. The van der Waals surface area contributed by atoms with Crippen molar-refractivity contribution in [2.75, 3.05) is 6.61 Å². The molecule has 1 N–H and O–H groups in total. The molecule has 0 atom stereocenters. The van der Waals surface area contributed by atoms with Gasteiger partial charge in [-0.2, -0.15) is 11.1 Å². The molecule has 9 heavy (non-hydrogen) atoms. The highest BCUT2D eigenvalue weighted by molar-refractivity contribution is 7.20. The number of aliphatic hydroxyl groups excluding tert-OH is 1. The summed E-state index contributed by atoms with van der Waals surface area (Å²) in [5, 5.41) is 8.61. The Balaban J connectivity index is 3.62. The quantitative estimate of drug-likeness (QED) is 0.502. The van der Waals surface area contributed by atoms with E-state index in [1.54, 1.807) is 0 Å². The van der Waals surface area contributed by atoms with E-state index in [4.69, 9.17) is 16.2 Å². The number of hydrogen-bond acceptors (Lipinski definition) is 1. The molecule has 0 unspecified atom stereocenters. The number of rotatable bonds is 4. The van der Waals surface area contributed by atoms with E-state index in [2.05, 4.69) is 13.8 Å². The summed E-state index contributed by atoms with van der Waals surface area (Å²) in [7, 11) is -1.48. The Labute approximate surface area is 62.7 Å². The van der Waals surface area contributed by atoms with Crippen molar-refractivity contribution in [3.8, 4) is 0 Å². The maximum Gasteiger partial charge on any atom is 0.158 e. The lowest BCUT2D eigenvalue weighted by atomic mass is 10.9. The molecule has 0 amide bonds. The van der Waals surface area contributed by atoms with Crippen LogP contribution >= 0.6 is 11.1 Å². The molecule has 0 aliphatic carbocycles. The van der Waals surface area contributed by atoms with E-state index in [1.165, 1.54) is 0 Å². The lowest BCUT2D eigenvalue weighted by Gasteiger charge is -2.18. The molecule has 0 saturated heterocycles. The van der Waals surface area contributed by atoms with Crippen LogP contribution in [0.4, 0.5) is 0 Å². The number of hydrogen-bond donors (Lipinski definition) is 1. The third-order valence-corrected chi connectivity index (χ3v) is 7.65. The van der Waals surface area contributed by atoms with Gasteiger partial charge >= 0.3 is 0 Å². The first-order valence-corrected chi connectivity index (χ1v) is 7.11. The van der Waals surface area contributed by atoms with Crippen molar-refractivity contribution in [1.29, 1.82) is 0 Å². The average Bonchev–Trinajstić information content (AvgIpc) is 1.89. The minimum atomic E-state index is -1.48. The Morgan fingerprint density at radius 2 is 1.78 bits per heavy atom. The molecule has 0 aliphatic heterocycles. The Morgan fingerprint density at radius 3 is 1.89 bits per heavy atom. The first-order valence-electron chi connectivity index (χ1n) is 3.48. The zero-order valence-electron chi connectivity index (χ0n) is 6.15. The van der Waals surface area contributed by atoms with Gasteiger partial charge in [-0.25, -0.2) is 0 Å². The molecule has 56 valence electrons. The molecule has 0 rings (SSSR count). The molecule has 0 aromatic heterocycles. The topological polar surface area (TPSA) is 20.2 Å². The van der Waals surface area contributed by atoms with Gasteiger partial charge in [0.1, 0.15) is 0 Å². The molecule has 0 saturated carbocycles. The van der Waals surface area contributed by atoms with Gasteiger partial charge in [0.15, 0.2) is 7.38 Å². The van der Waals surface area contributed by atoms with E-state index >= 15 is 0 Å². The van der Waals surface area contributed by atoms with Gasteiger partial charge in [0, 0.05) is 6.61 Å². The van der Waals surface area contributed by atoms with Crippen molar-refractivity contribution in [1.82, 2.24) is 0 Å². The maximum atomic E-state index is 8.61. The Morgan fingerprint density at radius 1 is 1.33 bits per heavy atom. The molecular weight excluding hydrogens is 152 g/mol. The first-order chi connectivity index (χ1) is 4.18. The van der Waals surface area contributed by atoms with Crippen molar-refractivity contribution >= 4 is 18.5 Å². The van der Waals surface area contributed by atoms with Crippen molar-refractivity contribution < 1.29 is 5.11 Å². The average molecular weight is 167 g/mol. The smallest absolute Gasteiger partial charge is 0.158 e. The van der Waals surface area contributed by atoms with Crippen molar-refractivity contribution in [2.45, 2.75) is 32.0 Å². The standard InChI is InChI=1S/C6H15ClOSi/c1-3-9(7,4-2)6-5-8/h8H,3-6H2,1-2H3. The number of aliphatic hydroxyl groups is 1. The van der Waals surface area contributed by atoms with Crippen LogP contribution in [0.25, 0.3) is 0 Å². The summed E-state index contributed by atoms with van der Waals surface area (Å²) in [6.45, 7) is 4.48. The van der Waals surface area contributed by atoms with Crippen LogP contribution in [0.15, 0.2) is 0 Å². The molecule has 0 heterocycles. The second-order valence-electron chi connectivity index (χ2n) is 2.33. The van der Waals surface area contributed by atoms with Gasteiger partial charge in [-0.05, 0) is 18.1 Å². The van der Waals surface area contributed by atoms with Crippen molar-refractivity contribution in [3.63, 3.8) is 0 Å². The van der Waals surface area contributed by atoms with Gasteiger partial charge < -0.3 is 5.11 Å². The number of halogens is 1. The predicted octanol–water partition coefficient (Wildman–Crippen LogP) is 2.20. The van der Waals surface area contributed by atoms with Gasteiger partial charge in [-0.15, -0.1) is 0 Å². The molecular formula is C6H15ClOSi. The molecule has 0 aliphatic rings. The van der Waals surface area contributed by atoms with Crippen LogP contribution in [0.5, 0.6) is 0 Å². The molecule has 0 radical (unpaired) electrons. The SMILES string of the molecule is CC[Si](Cl)(CC)CCO. The van der Waals surface area contributed by atoms with Crippen LogP contribution in [-0.2, 0) is 0 Å². The summed E-state index contributed by atoms with van der Waals surface area (Å²) in [6.07, 6.45) is 0. The van der Waals surface area contributed by atoms with E-state index in [9.17, 15) is 0 Å². The van der Waals surface area contributed by atoms with Gasteiger partial charge in [0.25, 0.3) is 0 Å². The Kier molecular flexibility index (Phi) is 4.53. The van der Waals surface area contributed by atoms with Gasteiger partial charge in [0.05, 0.1) is 0 Å². The fourth-order valence-electron chi connectivity index (χ4n) is 0.804. The Hall–Kier alpha value is 0.467. The van der Waals surface area contributed by atoms with Gasteiger partial charge in [0.2, 0.25) is 0 Å². The third-order valence-electron chi connectivity index (χ3n) is 1.83. The molecule has 0 spiro atoms. The highest BCUT2D eigenvalue weighted by atomic mass is 35.6. The highest BCUT2D eigenvalue weighted by Gasteiger charge is 2.24. The minimum absolute atomic E-state index is 0.261. The van der Waals surface area contributed by atoms with Crippen LogP contribution in [0.2, 0.25) is 18.1 Å². The summed E-state index contributed by atoms with van der Waals surface area (Å²) in [5.41, 5.74) is 0. The summed E-state index contributed by atoms with van der Waals surface area (Å²) >= 11 is 6.19. The van der Waals surface area contributed by atoms with E-state index < -0.39 is 7.38 Å². The molecule has 3 heteroatoms. The second kappa shape index (κ2) is 4.31. The zero-order chi connectivity index (χ0) is 7.33. The second-order valence-corrected chi connectivity index (χ2v) is 8.95. The lowest BCUT2D eigenvalue weighted by Crippen LogP contribution is -2.25. The molecule has 0 bridgehead atoms. The van der Waals surface area contributed by atoms with Crippen LogP contribution in [-0.4, -0.2) is 19.1 Å². The van der Waals surface area contributed by atoms with E-state index in [0.717, 1.165) is 18.1 Å². The van der Waals surface area contributed by atoms with E-state index in [-0.39, 0.29) is 6.61 Å². The molecule has 1 nitrogen and oxygen atoms in total.